The highest BCUT2D eigenvalue weighted by molar-refractivity contribution is 8.00. The average Bonchev–Trinajstić information content (AvgIpc) is 3.15. The van der Waals surface area contributed by atoms with Crippen LogP contribution < -0.4 is 5.32 Å². The minimum atomic E-state index is -0.356. The van der Waals surface area contributed by atoms with Gasteiger partial charge in [-0.15, -0.1) is 10.2 Å². The Morgan fingerprint density at radius 3 is 2.59 bits per heavy atom. The summed E-state index contributed by atoms with van der Waals surface area (Å²) < 4.78 is 20.2. The zero-order chi connectivity index (χ0) is 20.6. The Balaban J connectivity index is 1.85. The third kappa shape index (κ3) is 5.42. The predicted octanol–water partition coefficient (Wildman–Crippen LogP) is 3.71. The number of nitrogens with one attached hydrogen (secondary N) is 1. The molecule has 1 unspecified atom stereocenters. The van der Waals surface area contributed by atoms with Crippen LogP contribution in [0.3, 0.4) is 0 Å². The van der Waals surface area contributed by atoms with Gasteiger partial charge in [-0.3, -0.25) is 9.36 Å². The molecule has 29 heavy (non-hydrogen) atoms. The van der Waals surface area contributed by atoms with Gasteiger partial charge < -0.3 is 10.1 Å². The number of aromatic nitrogens is 3. The molecule has 1 N–H and O–H groups in total. The molecular weight excluding hydrogens is 391 g/mol. The van der Waals surface area contributed by atoms with E-state index in [1.165, 1.54) is 23.9 Å². The zero-order valence-electron chi connectivity index (χ0n) is 16.3. The SMILES string of the molecule is COCCCNC(=O)C(C)Sc1nnc(-c2ccc(F)cc2)n1-c1ccccc1. The van der Waals surface area contributed by atoms with E-state index in [0.717, 1.165) is 17.7 Å². The fraction of sp³-hybridized carbons (Fsp3) is 0.286. The van der Waals surface area contributed by atoms with Crippen molar-refractivity contribution in [1.29, 1.82) is 0 Å². The van der Waals surface area contributed by atoms with Crippen molar-refractivity contribution < 1.29 is 13.9 Å². The standard InChI is InChI=1S/C21H23FN4O2S/c1-15(20(27)23-13-6-14-28-2)29-21-25-24-19(16-9-11-17(22)12-10-16)26(21)18-7-4-3-5-8-18/h3-5,7-12,15H,6,13-14H2,1-2H3,(H,23,27). The number of hydrogen-bond acceptors (Lipinski definition) is 5. The fourth-order valence-electron chi connectivity index (χ4n) is 2.73. The van der Waals surface area contributed by atoms with Crippen LogP contribution in [0.1, 0.15) is 13.3 Å². The molecule has 0 saturated heterocycles. The second-order valence-corrected chi connectivity index (χ2v) is 7.69. The van der Waals surface area contributed by atoms with Gasteiger partial charge in [0, 0.05) is 31.5 Å². The van der Waals surface area contributed by atoms with Gasteiger partial charge in [0.1, 0.15) is 5.82 Å². The lowest BCUT2D eigenvalue weighted by Gasteiger charge is -2.14. The van der Waals surface area contributed by atoms with Crippen LogP contribution in [-0.4, -0.2) is 46.2 Å². The summed E-state index contributed by atoms with van der Waals surface area (Å²) in [5.41, 5.74) is 1.61. The van der Waals surface area contributed by atoms with Crippen LogP contribution >= 0.6 is 11.8 Å². The Kier molecular flexibility index (Phi) is 7.37. The molecule has 8 heteroatoms. The lowest BCUT2D eigenvalue weighted by atomic mass is 10.2. The van der Waals surface area contributed by atoms with Crippen molar-refractivity contribution in [2.75, 3.05) is 20.3 Å². The van der Waals surface area contributed by atoms with E-state index in [1.54, 1.807) is 19.2 Å². The number of rotatable bonds is 9. The monoisotopic (exact) mass is 414 g/mol. The summed E-state index contributed by atoms with van der Waals surface area (Å²) in [7, 11) is 1.63. The van der Waals surface area contributed by atoms with E-state index < -0.39 is 0 Å². The van der Waals surface area contributed by atoms with Crippen LogP contribution in [0.2, 0.25) is 0 Å². The number of hydrogen-bond donors (Lipinski definition) is 1. The summed E-state index contributed by atoms with van der Waals surface area (Å²) in [5, 5.41) is 11.8. The third-order valence-electron chi connectivity index (χ3n) is 4.23. The van der Waals surface area contributed by atoms with Crippen molar-refractivity contribution in [3.05, 3.63) is 60.4 Å². The number of para-hydroxylation sites is 1. The molecule has 0 aliphatic carbocycles. The van der Waals surface area contributed by atoms with Gasteiger partial charge in [0.2, 0.25) is 5.91 Å². The molecule has 1 atom stereocenters. The summed E-state index contributed by atoms with van der Waals surface area (Å²) in [5.74, 6) is 0.205. The van der Waals surface area contributed by atoms with Gasteiger partial charge in [-0.05, 0) is 49.7 Å². The second-order valence-electron chi connectivity index (χ2n) is 6.38. The Morgan fingerprint density at radius 2 is 1.90 bits per heavy atom. The normalized spacial score (nSPS) is 12.0. The maximum Gasteiger partial charge on any atom is 0.233 e. The number of carbonyl (C=O) groups excluding carboxylic acids is 1. The number of benzene rings is 2. The Bertz CT molecular complexity index is 932. The van der Waals surface area contributed by atoms with E-state index in [1.807, 2.05) is 41.8 Å². The van der Waals surface area contributed by atoms with Crippen LogP contribution in [0.25, 0.3) is 17.1 Å². The highest BCUT2D eigenvalue weighted by atomic mass is 32.2. The molecule has 0 saturated carbocycles. The number of carbonyl (C=O) groups is 1. The van der Waals surface area contributed by atoms with E-state index in [-0.39, 0.29) is 17.0 Å². The number of ether oxygens (including phenoxy) is 1. The molecule has 3 aromatic rings. The zero-order valence-corrected chi connectivity index (χ0v) is 17.2. The van der Waals surface area contributed by atoms with Gasteiger partial charge in [-0.2, -0.15) is 0 Å². The van der Waals surface area contributed by atoms with Crippen molar-refractivity contribution >= 4 is 17.7 Å². The van der Waals surface area contributed by atoms with E-state index >= 15 is 0 Å². The molecule has 3 rings (SSSR count). The Morgan fingerprint density at radius 1 is 1.17 bits per heavy atom. The molecule has 0 radical (unpaired) electrons. The van der Waals surface area contributed by atoms with E-state index in [0.29, 0.717) is 24.1 Å². The van der Waals surface area contributed by atoms with Gasteiger partial charge in [-0.25, -0.2) is 4.39 Å². The molecule has 1 heterocycles. The third-order valence-corrected chi connectivity index (χ3v) is 5.27. The summed E-state index contributed by atoms with van der Waals surface area (Å²) in [4.78, 5) is 12.4. The van der Waals surface area contributed by atoms with Gasteiger partial charge in [0.05, 0.1) is 5.25 Å². The lowest BCUT2D eigenvalue weighted by Crippen LogP contribution is -2.32. The molecule has 0 spiro atoms. The Hall–Kier alpha value is -2.71. The lowest BCUT2D eigenvalue weighted by molar-refractivity contribution is -0.120. The molecule has 2 aromatic carbocycles. The number of amides is 1. The summed E-state index contributed by atoms with van der Waals surface area (Å²) in [6.07, 6.45) is 0.758. The molecule has 0 fully saturated rings. The van der Waals surface area contributed by atoms with Crippen LogP contribution in [-0.2, 0) is 9.53 Å². The van der Waals surface area contributed by atoms with Gasteiger partial charge in [0.15, 0.2) is 11.0 Å². The maximum absolute atomic E-state index is 13.3. The smallest absolute Gasteiger partial charge is 0.233 e. The van der Waals surface area contributed by atoms with Gasteiger partial charge in [0.25, 0.3) is 0 Å². The van der Waals surface area contributed by atoms with Crippen LogP contribution in [0.4, 0.5) is 4.39 Å². The average molecular weight is 415 g/mol. The highest BCUT2D eigenvalue weighted by Gasteiger charge is 2.21. The maximum atomic E-state index is 13.3. The second kappa shape index (κ2) is 10.2. The summed E-state index contributed by atoms with van der Waals surface area (Å²) in [6, 6.07) is 15.8. The van der Waals surface area contributed by atoms with Crippen LogP contribution in [0.15, 0.2) is 59.8 Å². The molecule has 1 aromatic heterocycles. The van der Waals surface area contributed by atoms with Crippen molar-refractivity contribution in [2.45, 2.75) is 23.8 Å². The molecule has 1 amide bonds. The van der Waals surface area contributed by atoms with Crippen molar-refractivity contribution in [2.24, 2.45) is 0 Å². The number of halogens is 1. The highest BCUT2D eigenvalue weighted by Crippen LogP contribution is 2.30. The van der Waals surface area contributed by atoms with Crippen LogP contribution in [0.5, 0.6) is 0 Å². The van der Waals surface area contributed by atoms with E-state index in [9.17, 15) is 9.18 Å². The first-order valence-electron chi connectivity index (χ1n) is 9.30. The number of thioether (sulfide) groups is 1. The Labute approximate surface area is 173 Å². The summed E-state index contributed by atoms with van der Waals surface area (Å²) >= 11 is 1.33. The molecule has 0 aliphatic heterocycles. The first kappa shape index (κ1) is 21.0. The van der Waals surface area contributed by atoms with Crippen molar-refractivity contribution in [1.82, 2.24) is 20.1 Å². The predicted molar refractivity (Wildman–Crippen MR) is 112 cm³/mol. The number of nitrogens with zero attached hydrogens (tertiary/aromatic N) is 3. The number of methoxy groups -OCH3 is 1. The molecule has 0 aliphatic rings. The molecule has 0 bridgehead atoms. The van der Waals surface area contributed by atoms with Crippen molar-refractivity contribution in [3.8, 4) is 17.1 Å². The summed E-state index contributed by atoms with van der Waals surface area (Å²) in [6.45, 7) is 2.99. The van der Waals surface area contributed by atoms with E-state index in [2.05, 4.69) is 15.5 Å². The topological polar surface area (TPSA) is 69.0 Å². The van der Waals surface area contributed by atoms with Gasteiger partial charge >= 0.3 is 0 Å². The quantitative estimate of drug-likeness (QED) is 0.427. The minimum absolute atomic E-state index is 0.0722. The molecule has 152 valence electrons. The minimum Gasteiger partial charge on any atom is -0.385 e. The largest absolute Gasteiger partial charge is 0.385 e. The van der Waals surface area contributed by atoms with Crippen molar-refractivity contribution in [3.63, 3.8) is 0 Å². The first-order valence-corrected chi connectivity index (χ1v) is 10.2. The van der Waals surface area contributed by atoms with Crippen LogP contribution in [0, 0.1) is 5.82 Å². The van der Waals surface area contributed by atoms with Gasteiger partial charge in [-0.1, -0.05) is 30.0 Å². The fourth-order valence-corrected chi connectivity index (χ4v) is 3.62. The molecular formula is C21H23FN4O2S. The molecule has 6 nitrogen and oxygen atoms in total. The first-order chi connectivity index (χ1) is 14.1. The van der Waals surface area contributed by atoms with E-state index in [4.69, 9.17) is 4.74 Å².